The SMILES string of the molecule is CCCCCCCCC(CC(C)C)C(C)(Cl)Cl. The summed E-state index contributed by atoms with van der Waals surface area (Å²) in [5.41, 5.74) is 0. The zero-order valence-electron chi connectivity index (χ0n) is 12.1. The molecule has 0 aromatic carbocycles. The van der Waals surface area contributed by atoms with Gasteiger partial charge in [-0.25, -0.2) is 0 Å². The van der Waals surface area contributed by atoms with E-state index in [9.17, 15) is 0 Å². The fourth-order valence-electron chi connectivity index (χ4n) is 2.32. The van der Waals surface area contributed by atoms with Crippen molar-refractivity contribution in [3.05, 3.63) is 0 Å². The lowest BCUT2D eigenvalue weighted by molar-refractivity contribution is 0.347. The Morgan fingerprint density at radius 1 is 0.941 bits per heavy atom. The summed E-state index contributed by atoms with van der Waals surface area (Å²) >= 11 is 12.5. The van der Waals surface area contributed by atoms with Crippen molar-refractivity contribution in [2.75, 3.05) is 0 Å². The van der Waals surface area contributed by atoms with E-state index in [1.54, 1.807) is 0 Å². The molecule has 0 bridgehead atoms. The van der Waals surface area contributed by atoms with E-state index in [0.717, 1.165) is 6.42 Å². The molecule has 1 unspecified atom stereocenters. The van der Waals surface area contributed by atoms with Crippen LogP contribution in [-0.2, 0) is 0 Å². The van der Waals surface area contributed by atoms with Gasteiger partial charge in [0.05, 0.1) is 0 Å². The minimum atomic E-state index is -0.562. The average Bonchev–Trinajstić information content (AvgIpc) is 2.19. The van der Waals surface area contributed by atoms with Gasteiger partial charge in [-0.05, 0) is 31.6 Å². The standard InChI is InChI=1S/C15H30Cl2/c1-5-6-7-8-9-10-11-14(12-13(2)3)15(4,16)17/h13-14H,5-12H2,1-4H3. The van der Waals surface area contributed by atoms with E-state index in [0.29, 0.717) is 11.8 Å². The first kappa shape index (κ1) is 17.6. The molecule has 0 fully saturated rings. The predicted molar refractivity (Wildman–Crippen MR) is 81.0 cm³/mol. The fraction of sp³-hybridized carbons (Fsp3) is 1.00. The van der Waals surface area contributed by atoms with Gasteiger partial charge in [-0.2, -0.15) is 0 Å². The van der Waals surface area contributed by atoms with E-state index < -0.39 is 4.33 Å². The summed E-state index contributed by atoms with van der Waals surface area (Å²) < 4.78 is -0.562. The normalized spacial score (nSPS) is 14.3. The van der Waals surface area contributed by atoms with Crippen molar-refractivity contribution >= 4 is 23.2 Å². The van der Waals surface area contributed by atoms with Crippen LogP contribution in [0.4, 0.5) is 0 Å². The van der Waals surface area contributed by atoms with Gasteiger partial charge in [0.15, 0.2) is 0 Å². The second kappa shape index (κ2) is 9.50. The van der Waals surface area contributed by atoms with Crippen molar-refractivity contribution in [3.8, 4) is 0 Å². The van der Waals surface area contributed by atoms with Crippen LogP contribution in [0.25, 0.3) is 0 Å². The molecule has 0 aliphatic carbocycles. The zero-order chi connectivity index (χ0) is 13.3. The van der Waals surface area contributed by atoms with Crippen LogP contribution in [0.5, 0.6) is 0 Å². The molecule has 0 aromatic heterocycles. The fourth-order valence-corrected chi connectivity index (χ4v) is 2.71. The van der Waals surface area contributed by atoms with Gasteiger partial charge in [0.2, 0.25) is 0 Å². The van der Waals surface area contributed by atoms with Crippen LogP contribution in [0.2, 0.25) is 0 Å². The van der Waals surface area contributed by atoms with Crippen LogP contribution in [-0.4, -0.2) is 4.33 Å². The molecule has 0 rings (SSSR count). The summed E-state index contributed by atoms with van der Waals surface area (Å²) in [5.74, 6) is 1.12. The Kier molecular flexibility index (Phi) is 9.83. The Bertz CT molecular complexity index is 170. The molecule has 0 aliphatic rings. The molecular formula is C15H30Cl2. The molecule has 0 radical (unpaired) electrons. The molecular weight excluding hydrogens is 251 g/mol. The van der Waals surface area contributed by atoms with Crippen LogP contribution < -0.4 is 0 Å². The molecule has 1 atom stereocenters. The summed E-state index contributed by atoms with van der Waals surface area (Å²) in [5, 5.41) is 0. The largest absolute Gasteiger partial charge is 0.118 e. The van der Waals surface area contributed by atoms with Crippen molar-refractivity contribution in [2.24, 2.45) is 11.8 Å². The van der Waals surface area contributed by atoms with E-state index in [1.807, 2.05) is 6.92 Å². The molecule has 0 spiro atoms. The third-order valence-electron chi connectivity index (χ3n) is 3.38. The highest BCUT2D eigenvalue weighted by atomic mass is 35.5. The monoisotopic (exact) mass is 280 g/mol. The Balaban J connectivity index is 3.77. The maximum atomic E-state index is 6.27. The lowest BCUT2D eigenvalue weighted by atomic mass is 9.89. The molecule has 0 amide bonds. The molecule has 104 valence electrons. The van der Waals surface area contributed by atoms with Crippen molar-refractivity contribution in [1.29, 1.82) is 0 Å². The van der Waals surface area contributed by atoms with Crippen LogP contribution in [0, 0.1) is 11.8 Å². The summed E-state index contributed by atoms with van der Waals surface area (Å²) in [7, 11) is 0. The van der Waals surface area contributed by atoms with Crippen LogP contribution in [0.3, 0.4) is 0 Å². The molecule has 0 heterocycles. The second-order valence-electron chi connectivity index (χ2n) is 5.84. The van der Waals surface area contributed by atoms with Gasteiger partial charge in [-0.1, -0.05) is 59.3 Å². The molecule has 0 saturated heterocycles. The minimum absolute atomic E-state index is 0.442. The zero-order valence-corrected chi connectivity index (χ0v) is 13.6. The summed E-state index contributed by atoms with van der Waals surface area (Å²) in [4.78, 5) is 0. The third kappa shape index (κ3) is 10.2. The molecule has 0 nitrogen and oxygen atoms in total. The molecule has 0 saturated carbocycles. The van der Waals surface area contributed by atoms with Gasteiger partial charge in [0, 0.05) is 0 Å². The van der Waals surface area contributed by atoms with Crippen molar-refractivity contribution in [2.45, 2.75) is 83.4 Å². The van der Waals surface area contributed by atoms with E-state index in [1.165, 1.54) is 44.9 Å². The van der Waals surface area contributed by atoms with Gasteiger partial charge in [0.25, 0.3) is 0 Å². The molecule has 17 heavy (non-hydrogen) atoms. The van der Waals surface area contributed by atoms with Gasteiger partial charge in [-0.15, -0.1) is 23.2 Å². The van der Waals surface area contributed by atoms with E-state index in [4.69, 9.17) is 23.2 Å². The Morgan fingerprint density at radius 2 is 1.47 bits per heavy atom. The first-order valence-electron chi connectivity index (χ1n) is 7.25. The maximum absolute atomic E-state index is 6.27. The topological polar surface area (TPSA) is 0 Å². The second-order valence-corrected chi connectivity index (χ2v) is 7.60. The Labute approximate surface area is 118 Å². The van der Waals surface area contributed by atoms with Crippen LogP contribution >= 0.6 is 23.2 Å². The van der Waals surface area contributed by atoms with E-state index in [-0.39, 0.29) is 0 Å². The number of alkyl halides is 2. The van der Waals surface area contributed by atoms with Gasteiger partial charge < -0.3 is 0 Å². The number of unbranched alkanes of at least 4 members (excludes halogenated alkanes) is 5. The third-order valence-corrected chi connectivity index (χ3v) is 4.00. The van der Waals surface area contributed by atoms with Crippen LogP contribution in [0.1, 0.15) is 79.1 Å². The summed E-state index contributed by atoms with van der Waals surface area (Å²) in [6.07, 6.45) is 10.4. The molecule has 0 aromatic rings. The molecule has 0 N–H and O–H groups in total. The average molecular weight is 281 g/mol. The summed E-state index contributed by atoms with van der Waals surface area (Å²) in [6.45, 7) is 8.69. The lowest BCUT2D eigenvalue weighted by Crippen LogP contribution is -2.23. The first-order valence-corrected chi connectivity index (χ1v) is 8.01. The predicted octanol–water partition coefficient (Wildman–Crippen LogP) is 6.59. The van der Waals surface area contributed by atoms with Gasteiger partial charge >= 0.3 is 0 Å². The number of hydrogen-bond acceptors (Lipinski definition) is 0. The first-order chi connectivity index (χ1) is 7.88. The molecule has 0 aliphatic heterocycles. The highest BCUT2D eigenvalue weighted by Gasteiger charge is 2.29. The summed E-state index contributed by atoms with van der Waals surface area (Å²) in [6, 6.07) is 0. The smallest absolute Gasteiger partial charge is 0.102 e. The number of hydrogen-bond donors (Lipinski definition) is 0. The quantitative estimate of drug-likeness (QED) is 0.313. The molecule has 2 heteroatoms. The van der Waals surface area contributed by atoms with Gasteiger partial charge in [-0.3, -0.25) is 0 Å². The number of halogens is 2. The highest BCUT2D eigenvalue weighted by molar-refractivity contribution is 6.48. The van der Waals surface area contributed by atoms with Crippen LogP contribution in [0.15, 0.2) is 0 Å². The van der Waals surface area contributed by atoms with Crippen molar-refractivity contribution in [3.63, 3.8) is 0 Å². The maximum Gasteiger partial charge on any atom is 0.118 e. The Hall–Kier alpha value is 0.580. The Morgan fingerprint density at radius 3 is 1.94 bits per heavy atom. The highest BCUT2D eigenvalue weighted by Crippen LogP contribution is 2.37. The van der Waals surface area contributed by atoms with Crippen molar-refractivity contribution in [1.82, 2.24) is 0 Å². The minimum Gasteiger partial charge on any atom is -0.102 e. The number of rotatable bonds is 10. The van der Waals surface area contributed by atoms with Crippen molar-refractivity contribution < 1.29 is 0 Å². The van der Waals surface area contributed by atoms with E-state index in [2.05, 4.69) is 20.8 Å². The lowest BCUT2D eigenvalue weighted by Gasteiger charge is -2.28. The van der Waals surface area contributed by atoms with Gasteiger partial charge in [0.1, 0.15) is 4.33 Å². The van der Waals surface area contributed by atoms with E-state index >= 15 is 0 Å².